The van der Waals surface area contributed by atoms with E-state index in [4.69, 9.17) is 4.65 Å². The van der Waals surface area contributed by atoms with Crippen molar-refractivity contribution in [1.82, 2.24) is 4.48 Å². The van der Waals surface area contributed by atoms with Crippen molar-refractivity contribution in [3.05, 3.63) is 88.5 Å². The van der Waals surface area contributed by atoms with Gasteiger partial charge in [0, 0.05) is 5.56 Å². The molecule has 0 aliphatic rings. The molecule has 0 bridgehead atoms. The molecular weight excluding hydrogens is 539 g/mol. The lowest BCUT2D eigenvalue weighted by Gasteiger charge is -2.28. The SMILES string of the molecule is C=Cc1cccc(OB(Oc2c(F)c(F)c(F)c(F)c2F)Oc2c(F)c(F)c(F)c(F)c2F)c1[N+](C)(C)C. The van der Waals surface area contributed by atoms with Crippen molar-refractivity contribution in [2.75, 3.05) is 21.1 Å². The monoisotopic (exact) mass is 554 g/mol. The van der Waals surface area contributed by atoms with Crippen molar-refractivity contribution in [2.24, 2.45) is 0 Å². The summed E-state index contributed by atoms with van der Waals surface area (Å²) in [6, 6.07) is 4.06. The Hall–Kier alpha value is -3.88. The zero-order valence-corrected chi connectivity index (χ0v) is 19.5. The predicted octanol–water partition coefficient (Wildman–Crippen LogP) is 6.44. The standard InChI is InChI=1S/C23H15BF10NO3/c1-5-9-7-6-8-10(21(9)35(2,3)4)36-24(37-22-17(31)13(27)11(25)14(28)18(22)32)38-23-19(33)15(29)12(26)16(30)20(23)34/h5-8H,1H2,2-4H3/q+1. The summed E-state index contributed by atoms with van der Waals surface area (Å²) in [6.45, 7) is 3.60. The predicted molar refractivity (Wildman–Crippen MR) is 116 cm³/mol. The molecule has 3 aromatic rings. The molecule has 0 saturated heterocycles. The molecule has 3 rings (SSSR count). The summed E-state index contributed by atoms with van der Waals surface area (Å²) in [5.41, 5.74) is 0.593. The van der Waals surface area contributed by atoms with Gasteiger partial charge in [0.1, 0.15) is 0 Å². The molecule has 0 spiro atoms. The summed E-state index contributed by atoms with van der Waals surface area (Å²) in [5.74, 6) is -29.5. The van der Waals surface area contributed by atoms with E-state index in [1.807, 2.05) is 0 Å². The molecule has 0 fully saturated rings. The molecule has 0 unspecified atom stereocenters. The highest BCUT2D eigenvalue weighted by Crippen LogP contribution is 2.37. The molecule has 0 N–H and O–H groups in total. The van der Waals surface area contributed by atoms with E-state index in [9.17, 15) is 43.9 Å². The molecule has 0 aliphatic carbocycles. The summed E-state index contributed by atoms with van der Waals surface area (Å²) in [6.07, 6.45) is 1.34. The van der Waals surface area contributed by atoms with Crippen LogP contribution in [0, 0.1) is 58.2 Å². The van der Waals surface area contributed by atoms with Crippen molar-refractivity contribution in [3.63, 3.8) is 0 Å². The van der Waals surface area contributed by atoms with E-state index in [1.54, 1.807) is 21.1 Å². The maximum atomic E-state index is 14.3. The lowest BCUT2D eigenvalue weighted by atomic mass is 10.1. The Labute approximate surface area is 209 Å². The highest BCUT2D eigenvalue weighted by molar-refractivity contribution is 6.39. The second-order valence-electron chi connectivity index (χ2n) is 8.35. The molecule has 202 valence electrons. The Morgan fingerprint density at radius 1 is 0.605 bits per heavy atom. The first kappa shape index (κ1) is 28.7. The Balaban J connectivity index is 2.22. The average molecular weight is 554 g/mol. The molecular formula is C23H15BF10NO3+. The third-order valence-electron chi connectivity index (χ3n) is 4.91. The topological polar surface area (TPSA) is 27.7 Å². The van der Waals surface area contributed by atoms with Gasteiger partial charge in [0.2, 0.25) is 58.2 Å². The highest BCUT2D eigenvalue weighted by Gasteiger charge is 2.41. The largest absolute Gasteiger partial charge is 0.864 e. The molecule has 0 amide bonds. The number of para-hydroxylation sites is 1. The van der Waals surface area contributed by atoms with Gasteiger partial charge in [-0.2, -0.15) is 17.6 Å². The van der Waals surface area contributed by atoms with E-state index in [1.165, 1.54) is 24.3 Å². The normalized spacial score (nSPS) is 11.4. The molecule has 0 heterocycles. The molecule has 38 heavy (non-hydrogen) atoms. The summed E-state index contributed by atoms with van der Waals surface area (Å²) >= 11 is 0. The van der Waals surface area contributed by atoms with Gasteiger partial charge in [0.05, 0.1) is 21.1 Å². The Morgan fingerprint density at radius 2 is 0.974 bits per heavy atom. The number of hydrogen-bond donors (Lipinski definition) is 0. The molecule has 0 saturated carbocycles. The van der Waals surface area contributed by atoms with Crippen LogP contribution in [0.4, 0.5) is 49.6 Å². The highest BCUT2D eigenvalue weighted by atomic mass is 19.2. The zero-order valence-electron chi connectivity index (χ0n) is 19.5. The van der Waals surface area contributed by atoms with Crippen LogP contribution in [0.3, 0.4) is 0 Å². The zero-order chi connectivity index (χ0) is 28.7. The molecule has 0 aliphatic heterocycles. The minimum absolute atomic E-state index is 0.0741. The fraction of sp³-hybridized carbons (Fsp3) is 0.130. The van der Waals surface area contributed by atoms with E-state index in [0.29, 0.717) is 5.56 Å². The van der Waals surface area contributed by atoms with E-state index in [0.717, 1.165) is 0 Å². The molecule has 0 aromatic heterocycles. The van der Waals surface area contributed by atoms with Crippen molar-refractivity contribution in [3.8, 4) is 17.2 Å². The number of benzene rings is 3. The quantitative estimate of drug-likeness (QED) is 0.106. The van der Waals surface area contributed by atoms with Crippen LogP contribution in [0.15, 0.2) is 24.8 Å². The first-order chi connectivity index (χ1) is 17.6. The second kappa shape index (κ2) is 10.5. The van der Waals surface area contributed by atoms with Crippen LogP contribution < -0.4 is 18.4 Å². The van der Waals surface area contributed by atoms with Gasteiger partial charge in [0.25, 0.3) is 0 Å². The Kier molecular flexibility index (Phi) is 7.91. The third-order valence-corrected chi connectivity index (χ3v) is 4.91. The van der Waals surface area contributed by atoms with Crippen LogP contribution >= 0.6 is 0 Å². The molecule has 0 radical (unpaired) electrons. The van der Waals surface area contributed by atoms with Crippen LogP contribution in [-0.2, 0) is 0 Å². The van der Waals surface area contributed by atoms with Gasteiger partial charge in [-0.25, -0.2) is 26.3 Å². The number of quaternary nitrogens is 1. The Morgan fingerprint density at radius 3 is 1.32 bits per heavy atom. The molecule has 3 aromatic carbocycles. The van der Waals surface area contributed by atoms with Crippen LogP contribution in [0.2, 0.25) is 0 Å². The maximum absolute atomic E-state index is 14.3. The average Bonchev–Trinajstić information content (AvgIpc) is 2.87. The lowest BCUT2D eigenvalue weighted by Crippen LogP contribution is -2.41. The first-order valence-electron chi connectivity index (χ1n) is 10.2. The van der Waals surface area contributed by atoms with Gasteiger partial charge in [-0.05, 0) is 12.1 Å². The fourth-order valence-corrected chi connectivity index (χ4v) is 3.26. The minimum atomic E-state index is -2.87. The van der Waals surface area contributed by atoms with Gasteiger partial charge >= 0.3 is 7.32 Å². The van der Waals surface area contributed by atoms with Gasteiger partial charge in [-0.15, -0.1) is 0 Å². The maximum Gasteiger partial charge on any atom is 0.864 e. The van der Waals surface area contributed by atoms with Crippen LogP contribution in [0.1, 0.15) is 5.56 Å². The van der Waals surface area contributed by atoms with Gasteiger partial charge < -0.3 is 14.0 Å². The van der Waals surface area contributed by atoms with Crippen LogP contribution in [0.25, 0.3) is 6.08 Å². The van der Waals surface area contributed by atoms with Crippen LogP contribution in [0.5, 0.6) is 17.2 Å². The third kappa shape index (κ3) is 5.10. The number of nitrogens with zero attached hydrogens (tertiary/aromatic N) is 1. The molecule has 0 atom stereocenters. The fourth-order valence-electron chi connectivity index (χ4n) is 3.26. The van der Waals surface area contributed by atoms with Crippen molar-refractivity contribution < 1.29 is 57.9 Å². The van der Waals surface area contributed by atoms with Gasteiger partial charge in [-0.3, -0.25) is 4.48 Å². The summed E-state index contributed by atoms with van der Waals surface area (Å²) in [5, 5.41) is 0. The first-order valence-corrected chi connectivity index (χ1v) is 10.2. The molecule has 4 nitrogen and oxygen atoms in total. The van der Waals surface area contributed by atoms with Crippen LogP contribution in [-0.4, -0.2) is 28.5 Å². The molecule has 15 heteroatoms. The van der Waals surface area contributed by atoms with E-state index < -0.39 is 77.0 Å². The number of hydrogen-bond acceptors (Lipinski definition) is 3. The van der Waals surface area contributed by atoms with Crippen molar-refractivity contribution in [1.29, 1.82) is 0 Å². The van der Waals surface area contributed by atoms with Crippen molar-refractivity contribution in [2.45, 2.75) is 0 Å². The van der Waals surface area contributed by atoms with Gasteiger partial charge in [-0.1, -0.05) is 18.7 Å². The summed E-state index contributed by atoms with van der Waals surface area (Å²) in [4.78, 5) is 0. The second-order valence-corrected chi connectivity index (χ2v) is 8.35. The van der Waals surface area contributed by atoms with E-state index in [-0.39, 0.29) is 15.9 Å². The smallest absolute Gasteiger partial charge is 0.484 e. The van der Waals surface area contributed by atoms with E-state index >= 15 is 0 Å². The number of rotatable bonds is 8. The van der Waals surface area contributed by atoms with E-state index in [2.05, 4.69) is 15.9 Å². The summed E-state index contributed by atoms with van der Waals surface area (Å²) < 4.78 is 153. The minimum Gasteiger partial charge on any atom is -0.484 e. The number of halogens is 10. The summed E-state index contributed by atoms with van der Waals surface area (Å²) in [7, 11) is 1.92. The van der Waals surface area contributed by atoms with Crippen molar-refractivity contribution >= 4 is 19.1 Å². The Bertz CT molecular complexity index is 1300. The lowest BCUT2D eigenvalue weighted by molar-refractivity contribution is 0.259. The van der Waals surface area contributed by atoms with Gasteiger partial charge in [0.15, 0.2) is 22.9 Å².